The Bertz CT molecular complexity index is 1210. The molecule has 0 saturated carbocycles. The molecule has 2 heteroatoms. The Kier molecular flexibility index (Phi) is 5.23. The predicted octanol–water partition coefficient (Wildman–Crippen LogP) is 7.47. The Hall–Kier alpha value is -1.24. The van der Waals surface area contributed by atoms with Crippen LogP contribution in [0.5, 0.6) is 0 Å². The van der Waals surface area contributed by atoms with Crippen LogP contribution in [-0.2, 0) is 17.4 Å². The van der Waals surface area contributed by atoms with Gasteiger partial charge in [-0.15, -0.1) is 0 Å². The van der Waals surface area contributed by atoms with Gasteiger partial charge >= 0.3 is 187 Å². The molecule has 0 radical (unpaired) electrons. The van der Waals surface area contributed by atoms with Crippen molar-refractivity contribution in [2.24, 2.45) is 5.92 Å². The van der Waals surface area contributed by atoms with Gasteiger partial charge in [0.15, 0.2) is 0 Å². The maximum atomic E-state index is 2.72. The van der Waals surface area contributed by atoms with Crippen molar-refractivity contribution >= 4 is 12.5 Å². The standard InChI is InChI=1S/C17H15.C9H13.2CH3.H2Si.Zr/c1-12-8-9-16-15(10-12)11-13(2)17(16)14-6-4-3-5-7-14;1-6-5-7(2)9(4)8(6)3;;;;/h3-11H,1-2H3;6H,1-4H3;2*1H3;1H2;. The van der Waals surface area contributed by atoms with Gasteiger partial charge in [0, 0.05) is 0 Å². The van der Waals surface area contributed by atoms with Crippen LogP contribution in [0, 0.1) is 12.8 Å². The van der Waals surface area contributed by atoms with Gasteiger partial charge in [-0.25, -0.2) is 0 Å². The Morgan fingerprint density at radius 2 is 1.43 bits per heavy atom. The zero-order valence-corrected chi connectivity index (χ0v) is 23.9. The summed E-state index contributed by atoms with van der Waals surface area (Å²) in [5.74, 6) is 0.588. The van der Waals surface area contributed by atoms with Crippen LogP contribution in [-0.4, -0.2) is 6.88 Å². The van der Waals surface area contributed by atoms with Gasteiger partial charge in [0.2, 0.25) is 0 Å². The molecule has 2 aromatic rings. The topological polar surface area (TPSA) is 0 Å². The van der Waals surface area contributed by atoms with E-state index in [1.165, 1.54) is 22.3 Å². The van der Waals surface area contributed by atoms with Crippen LogP contribution < -0.4 is 0 Å². The number of aryl methyl sites for hydroxylation is 1. The molecule has 0 bridgehead atoms. The molecular formula is C28H36SiZr. The molecule has 4 rings (SSSR count). The fourth-order valence-electron chi connectivity index (χ4n) is 6.77. The summed E-state index contributed by atoms with van der Waals surface area (Å²) < 4.78 is 7.83. The molecule has 2 atom stereocenters. The summed E-state index contributed by atoms with van der Waals surface area (Å²) >= 11 is -3.38. The zero-order chi connectivity index (χ0) is 22.0. The van der Waals surface area contributed by atoms with Crippen molar-refractivity contribution in [1.82, 2.24) is 0 Å². The van der Waals surface area contributed by atoms with Crippen molar-refractivity contribution in [2.45, 2.75) is 54.4 Å². The molecule has 0 saturated heterocycles. The Balaban J connectivity index is 2.02. The van der Waals surface area contributed by atoms with Crippen LogP contribution >= 0.6 is 0 Å². The van der Waals surface area contributed by atoms with E-state index in [1.54, 1.807) is 27.9 Å². The molecule has 0 heterocycles. The van der Waals surface area contributed by atoms with E-state index in [0.717, 1.165) is 0 Å². The van der Waals surface area contributed by atoms with E-state index in [9.17, 15) is 0 Å². The van der Waals surface area contributed by atoms with Gasteiger partial charge in [-0.2, -0.15) is 0 Å². The summed E-state index contributed by atoms with van der Waals surface area (Å²) in [5, 5.41) is 0. The van der Waals surface area contributed by atoms with Gasteiger partial charge < -0.3 is 0 Å². The number of allylic oxidation sites excluding steroid dienone is 5. The molecule has 0 aliphatic heterocycles. The van der Waals surface area contributed by atoms with Crippen LogP contribution in [0.15, 0.2) is 74.1 Å². The Morgan fingerprint density at radius 1 is 0.800 bits per heavy atom. The molecule has 0 spiro atoms. The van der Waals surface area contributed by atoms with Gasteiger partial charge in [0.25, 0.3) is 0 Å². The summed E-state index contributed by atoms with van der Waals surface area (Å²) in [4.78, 5) is 0. The van der Waals surface area contributed by atoms with E-state index in [-0.39, 0.29) is 0 Å². The van der Waals surface area contributed by atoms with Crippen molar-refractivity contribution in [3.8, 4) is 0 Å². The first-order valence-corrected chi connectivity index (χ1v) is 24.8. The van der Waals surface area contributed by atoms with Crippen molar-refractivity contribution in [2.75, 3.05) is 0 Å². The first-order valence-electron chi connectivity index (χ1n) is 11.3. The molecule has 156 valence electrons. The Morgan fingerprint density at radius 3 is 2.00 bits per heavy atom. The average molecular weight is 492 g/mol. The minimum absolute atomic E-state index is 0.570. The number of hydrogen-bond acceptors (Lipinski definition) is 0. The third kappa shape index (κ3) is 3.09. The number of benzene rings is 2. The maximum absolute atomic E-state index is 3.38. The van der Waals surface area contributed by atoms with E-state index in [4.69, 9.17) is 0 Å². The molecule has 2 unspecified atom stereocenters. The molecule has 0 nitrogen and oxygen atoms in total. The number of hydrogen-bond donors (Lipinski definition) is 0. The fraction of sp³-hybridized carbons (Fsp3) is 0.357. The van der Waals surface area contributed by atoms with E-state index >= 15 is 0 Å². The first-order chi connectivity index (χ1) is 13.9. The van der Waals surface area contributed by atoms with E-state index in [1.807, 2.05) is 3.28 Å². The third-order valence-electron chi connectivity index (χ3n) is 8.13. The van der Waals surface area contributed by atoms with Crippen LogP contribution in [0.25, 0.3) is 5.57 Å². The molecule has 2 aromatic carbocycles. The molecule has 2 aliphatic rings. The van der Waals surface area contributed by atoms with Crippen molar-refractivity contribution in [3.63, 3.8) is 0 Å². The minimum atomic E-state index is -3.38. The van der Waals surface area contributed by atoms with Gasteiger partial charge in [0.1, 0.15) is 0 Å². The Labute approximate surface area is 185 Å². The van der Waals surface area contributed by atoms with E-state index in [0.29, 0.717) is 9.54 Å². The fourth-order valence-corrected chi connectivity index (χ4v) is 28.3. The second-order valence-corrected chi connectivity index (χ2v) is 40.3. The zero-order valence-electron chi connectivity index (χ0n) is 20.0. The van der Waals surface area contributed by atoms with Gasteiger partial charge in [0.05, 0.1) is 0 Å². The van der Waals surface area contributed by atoms with Crippen LogP contribution in [0.2, 0.25) is 9.26 Å². The number of rotatable bonds is 3. The second kappa shape index (κ2) is 7.14. The molecule has 2 aliphatic carbocycles. The molecule has 0 amide bonds. The van der Waals surface area contributed by atoms with Gasteiger partial charge in [-0.05, 0) is 0 Å². The summed E-state index contributed by atoms with van der Waals surface area (Å²) in [6, 6.07) is 18.2. The van der Waals surface area contributed by atoms with Gasteiger partial charge in [-0.1, -0.05) is 0 Å². The summed E-state index contributed by atoms with van der Waals surface area (Å²) in [6.07, 6.45) is 0. The molecule has 30 heavy (non-hydrogen) atoms. The van der Waals surface area contributed by atoms with Gasteiger partial charge in [-0.3, -0.25) is 0 Å². The van der Waals surface area contributed by atoms with Crippen molar-refractivity contribution in [1.29, 1.82) is 0 Å². The monoisotopic (exact) mass is 490 g/mol. The molecular weight excluding hydrogens is 456 g/mol. The SMILES string of the molecule is CC1=C(C)C(C)[C]([Zr]([CH3])([CH3])(=[SiH2])[CH]2C(C)=C(c3ccccc3)c3ccc(C)cc32)=C1C. The molecule has 0 aromatic heterocycles. The predicted molar refractivity (Wildman–Crippen MR) is 133 cm³/mol. The van der Waals surface area contributed by atoms with Crippen LogP contribution in [0.1, 0.15) is 60.5 Å². The summed E-state index contributed by atoms with van der Waals surface area (Å²) in [5.41, 5.74) is 13.6. The molecule has 0 N–H and O–H groups in total. The van der Waals surface area contributed by atoms with E-state index < -0.39 is 17.4 Å². The quantitative estimate of drug-likeness (QED) is 0.391. The second-order valence-electron chi connectivity index (χ2n) is 10.8. The van der Waals surface area contributed by atoms with Crippen LogP contribution in [0.4, 0.5) is 0 Å². The normalized spacial score (nSPS) is 22.3. The first kappa shape index (κ1) is 22.0. The third-order valence-corrected chi connectivity index (χ3v) is 25.5. The number of fused-ring (bicyclic) bond motifs is 1. The average Bonchev–Trinajstić information content (AvgIpc) is 3.08. The van der Waals surface area contributed by atoms with E-state index in [2.05, 4.69) is 106 Å². The molecule has 0 fully saturated rings. The summed E-state index contributed by atoms with van der Waals surface area (Å²) in [6.45, 7) is 16.7. The van der Waals surface area contributed by atoms with Crippen molar-refractivity contribution < 1.29 is 17.4 Å². The summed E-state index contributed by atoms with van der Waals surface area (Å²) in [7, 11) is 0. The van der Waals surface area contributed by atoms with Crippen molar-refractivity contribution in [3.05, 3.63) is 96.4 Å². The van der Waals surface area contributed by atoms with Crippen LogP contribution in [0.3, 0.4) is 0 Å².